The summed E-state index contributed by atoms with van der Waals surface area (Å²) < 4.78 is 0. The van der Waals surface area contributed by atoms with Crippen LogP contribution in [0.25, 0.3) is 0 Å². The molecule has 2 atom stereocenters. The average Bonchev–Trinajstić information content (AvgIpc) is 2.76. The van der Waals surface area contributed by atoms with Crippen LogP contribution >= 0.6 is 0 Å². The van der Waals surface area contributed by atoms with Gasteiger partial charge >= 0.3 is 0 Å². The molecular weight excluding hydrogens is 206 g/mol. The van der Waals surface area contributed by atoms with E-state index in [4.69, 9.17) is 0 Å². The highest BCUT2D eigenvalue weighted by Gasteiger charge is 2.38. The largest absolute Gasteiger partial charge is 0.198 e. The van der Waals surface area contributed by atoms with E-state index in [1.165, 1.54) is 24.0 Å². The maximum atomic E-state index is 9.50. The van der Waals surface area contributed by atoms with Crippen LogP contribution in [0.4, 0.5) is 0 Å². The minimum atomic E-state index is -0.0874. The van der Waals surface area contributed by atoms with E-state index >= 15 is 0 Å². The SMILES string of the molecule is CCC1CCC(C#N)(Cc2ccc(C)cc2)C1. The molecule has 90 valence electrons. The van der Waals surface area contributed by atoms with Crippen molar-refractivity contribution < 1.29 is 0 Å². The van der Waals surface area contributed by atoms with Gasteiger partial charge in [-0.25, -0.2) is 0 Å². The van der Waals surface area contributed by atoms with Crippen molar-refractivity contribution in [3.8, 4) is 6.07 Å². The van der Waals surface area contributed by atoms with E-state index in [0.717, 1.165) is 25.2 Å². The maximum absolute atomic E-state index is 9.50. The molecule has 2 unspecified atom stereocenters. The van der Waals surface area contributed by atoms with Gasteiger partial charge in [0.25, 0.3) is 0 Å². The average molecular weight is 227 g/mol. The van der Waals surface area contributed by atoms with Gasteiger partial charge in [-0.3, -0.25) is 0 Å². The van der Waals surface area contributed by atoms with Crippen LogP contribution in [0.5, 0.6) is 0 Å². The highest BCUT2D eigenvalue weighted by atomic mass is 14.4. The zero-order chi connectivity index (χ0) is 12.3. The Kier molecular flexibility index (Phi) is 3.52. The third-order valence-electron chi connectivity index (χ3n) is 4.19. The van der Waals surface area contributed by atoms with E-state index in [1.54, 1.807) is 0 Å². The number of nitrogens with zero attached hydrogens (tertiary/aromatic N) is 1. The number of rotatable bonds is 3. The minimum absolute atomic E-state index is 0.0874. The third kappa shape index (κ3) is 2.69. The fourth-order valence-corrected chi connectivity index (χ4v) is 2.98. The second-order valence-electron chi connectivity index (χ2n) is 5.57. The predicted molar refractivity (Wildman–Crippen MR) is 70.6 cm³/mol. The van der Waals surface area contributed by atoms with E-state index in [1.807, 2.05) is 0 Å². The molecule has 0 bridgehead atoms. The standard InChI is InChI=1S/C16H21N/c1-3-14-8-9-16(10-14,12-17)11-15-6-4-13(2)5-7-15/h4-7,14H,3,8-11H2,1-2H3. The van der Waals surface area contributed by atoms with Crippen LogP contribution in [-0.4, -0.2) is 0 Å². The molecule has 0 saturated heterocycles. The molecule has 2 rings (SSSR count). The van der Waals surface area contributed by atoms with Crippen molar-refractivity contribution in [1.29, 1.82) is 5.26 Å². The number of hydrogen-bond donors (Lipinski definition) is 0. The van der Waals surface area contributed by atoms with Crippen LogP contribution in [0, 0.1) is 29.6 Å². The summed E-state index contributed by atoms with van der Waals surface area (Å²) in [6.07, 6.45) is 5.55. The van der Waals surface area contributed by atoms with Crippen LogP contribution in [0.2, 0.25) is 0 Å². The topological polar surface area (TPSA) is 23.8 Å². The number of benzene rings is 1. The first-order valence-electron chi connectivity index (χ1n) is 6.64. The highest BCUT2D eigenvalue weighted by molar-refractivity contribution is 5.24. The Morgan fingerprint density at radius 2 is 2.06 bits per heavy atom. The molecule has 1 aromatic carbocycles. The first-order valence-corrected chi connectivity index (χ1v) is 6.64. The van der Waals surface area contributed by atoms with Crippen LogP contribution < -0.4 is 0 Å². The summed E-state index contributed by atoms with van der Waals surface area (Å²) >= 11 is 0. The van der Waals surface area contributed by atoms with E-state index in [0.29, 0.717) is 0 Å². The van der Waals surface area contributed by atoms with Gasteiger partial charge in [-0.05, 0) is 44.1 Å². The van der Waals surface area contributed by atoms with Crippen molar-refractivity contribution in [3.63, 3.8) is 0 Å². The van der Waals surface area contributed by atoms with Gasteiger partial charge in [0, 0.05) is 0 Å². The lowest BCUT2D eigenvalue weighted by Crippen LogP contribution is -2.18. The minimum Gasteiger partial charge on any atom is -0.198 e. The van der Waals surface area contributed by atoms with Gasteiger partial charge in [-0.2, -0.15) is 5.26 Å². The predicted octanol–water partition coefficient (Wildman–Crippen LogP) is 4.26. The first kappa shape index (κ1) is 12.2. The molecule has 1 nitrogen and oxygen atoms in total. The lowest BCUT2D eigenvalue weighted by molar-refractivity contribution is 0.381. The molecule has 17 heavy (non-hydrogen) atoms. The van der Waals surface area contributed by atoms with E-state index in [-0.39, 0.29) is 5.41 Å². The molecule has 1 fully saturated rings. The highest BCUT2D eigenvalue weighted by Crippen LogP contribution is 2.44. The van der Waals surface area contributed by atoms with Gasteiger partial charge in [0.05, 0.1) is 11.5 Å². The van der Waals surface area contributed by atoms with Crippen molar-refractivity contribution in [1.82, 2.24) is 0 Å². The van der Waals surface area contributed by atoms with Gasteiger partial charge in [-0.1, -0.05) is 43.2 Å². The number of nitriles is 1. The molecule has 0 aliphatic heterocycles. The smallest absolute Gasteiger partial charge is 0.0693 e. The fraction of sp³-hybridized carbons (Fsp3) is 0.562. The molecule has 0 spiro atoms. The van der Waals surface area contributed by atoms with Crippen LogP contribution in [0.15, 0.2) is 24.3 Å². The molecule has 0 heterocycles. The summed E-state index contributed by atoms with van der Waals surface area (Å²) in [6, 6.07) is 11.2. The second-order valence-corrected chi connectivity index (χ2v) is 5.57. The Labute approximate surface area is 104 Å². The number of hydrogen-bond acceptors (Lipinski definition) is 1. The van der Waals surface area contributed by atoms with Crippen molar-refractivity contribution in [2.45, 2.75) is 46.0 Å². The Morgan fingerprint density at radius 3 is 2.59 bits per heavy atom. The summed E-state index contributed by atoms with van der Waals surface area (Å²) in [6.45, 7) is 4.34. The summed E-state index contributed by atoms with van der Waals surface area (Å²) in [5.41, 5.74) is 2.52. The molecular formula is C16H21N. The molecule has 0 amide bonds. The van der Waals surface area contributed by atoms with Crippen molar-refractivity contribution >= 4 is 0 Å². The Morgan fingerprint density at radius 1 is 1.35 bits per heavy atom. The van der Waals surface area contributed by atoms with Crippen LogP contribution in [0.3, 0.4) is 0 Å². The Hall–Kier alpha value is -1.29. The molecule has 1 aromatic rings. The van der Waals surface area contributed by atoms with E-state index in [9.17, 15) is 5.26 Å². The molecule has 1 heteroatoms. The van der Waals surface area contributed by atoms with Gasteiger partial charge in [0.1, 0.15) is 0 Å². The summed E-state index contributed by atoms with van der Waals surface area (Å²) in [4.78, 5) is 0. The second kappa shape index (κ2) is 4.92. The molecule has 0 N–H and O–H groups in total. The molecule has 0 radical (unpaired) electrons. The summed E-state index contributed by atoms with van der Waals surface area (Å²) in [5.74, 6) is 0.764. The van der Waals surface area contributed by atoms with Crippen molar-refractivity contribution in [2.75, 3.05) is 0 Å². The van der Waals surface area contributed by atoms with Gasteiger partial charge < -0.3 is 0 Å². The van der Waals surface area contributed by atoms with Gasteiger partial charge in [0.15, 0.2) is 0 Å². The maximum Gasteiger partial charge on any atom is 0.0693 e. The van der Waals surface area contributed by atoms with Crippen LogP contribution in [0.1, 0.15) is 43.7 Å². The zero-order valence-electron chi connectivity index (χ0n) is 10.9. The molecule has 1 saturated carbocycles. The number of aryl methyl sites for hydroxylation is 1. The summed E-state index contributed by atoms with van der Waals surface area (Å²) in [7, 11) is 0. The molecule has 0 aromatic heterocycles. The zero-order valence-corrected chi connectivity index (χ0v) is 10.9. The fourth-order valence-electron chi connectivity index (χ4n) is 2.98. The lowest BCUT2D eigenvalue weighted by Gasteiger charge is -2.21. The first-order chi connectivity index (χ1) is 8.17. The van der Waals surface area contributed by atoms with Crippen molar-refractivity contribution in [2.24, 2.45) is 11.3 Å². The monoisotopic (exact) mass is 227 g/mol. The Bertz CT molecular complexity index is 412. The molecule has 1 aliphatic carbocycles. The van der Waals surface area contributed by atoms with E-state index in [2.05, 4.69) is 44.2 Å². The van der Waals surface area contributed by atoms with Crippen LogP contribution in [-0.2, 0) is 6.42 Å². The van der Waals surface area contributed by atoms with Gasteiger partial charge in [0.2, 0.25) is 0 Å². The molecule has 1 aliphatic rings. The summed E-state index contributed by atoms with van der Waals surface area (Å²) in [5, 5.41) is 9.50. The normalized spacial score (nSPS) is 27.9. The van der Waals surface area contributed by atoms with Gasteiger partial charge in [-0.15, -0.1) is 0 Å². The van der Waals surface area contributed by atoms with E-state index < -0.39 is 0 Å². The van der Waals surface area contributed by atoms with Crippen molar-refractivity contribution in [3.05, 3.63) is 35.4 Å². The quantitative estimate of drug-likeness (QED) is 0.757. The lowest BCUT2D eigenvalue weighted by atomic mass is 9.80. The Balaban J connectivity index is 2.11. The third-order valence-corrected chi connectivity index (χ3v) is 4.19.